The number of imidazole rings is 1. The van der Waals surface area contributed by atoms with Gasteiger partial charge in [0.25, 0.3) is 10.1 Å². The molecule has 0 aliphatic carbocycles. The van der Waals surface area contributed by atoms with E-state index in [1.54, 1.807) is 11.2 Å². The van der Waals surface area contributed by atoms with Gasteiger partial charge in [0.15, 0.2) is 9.04 Å². The van der Waals surface area contributed by atoms with E-state index in [9.17, 15) is 13.2 Å². The van der Waals surface area contributed by atoms with Gasteiger partial charge in [-0.3, -0.25) is 4.18 Å². The van der Waals surface area contributed by atoms with E-state index in [0.29, 0.717) is 19.4 Å². The summed E-state index contributed by atoms with van der Waals surface area (Å²) < 4.78 is 41.7. The molecule has 182 valence electrons. The highest BCUT2D eigenvalue weighted by molar-refractivity contribution is 7.86. The molecule has 1 aliphatic rings. The molecule has 32 heavy (non-hydrogen) atoms. The molecule has 11 heteroatoms. The van der Waals surface area contributed by atoms with E-state index in [1.165, 1.54) is 6.08 Å². The number of aromatic nitrogens is 2. The number of hydrogen-bond acceptors (Lipinski definition) is 7. The molecule has 1 aliphatic heterocycles. The van der Waals surface area contributed by atoms with Gasteiger partial charge in [0.1, 0.15) is 6.61 Å². The lowest BCUT2D eigenvalue weighted by molar-refractivity contribution is 0.0830. The van der Waals surface area contributed by atoms with E-state index in [4.69, 9.17) is 13.3 Å². The summed E-state index contributed by atoms with van der Waals surface area (Å²) in [6, 6.07) is -0.206. The van der Waals surface area contributed by atoms with Crippen LogP contribution in [0, 0.1) is 5.41 Å². The smallest absolute Gasteiger partial charge is 0.410 e. The summed E-state index contributed by atoms with van der Waals surface area (Å²) in [5.41, 5.74) is 0.815. The van der Waals surface area contributed by atoms with E-state index in [-0.39, 0.29) is 30.7 Å². The number of rotatable bonds is 10. The van der Waals surface area contributed by atoms with Crippen molar-refractivity contribution in [3.8, 4) is 0 Å². The minimum atomic E-state index is -3.62. The molecule has 0 saturated carbocycles. The van der Waals surface area contributed by atoms with E-state index in [0.717, 1.165) is 11.9 Å². The first-order chi connectivity index (χ1) is 14.8. The molecule has 1 amide bonds. The fourth-order valence-corrected chi connectivity index (χ4v) is 5.55. The van der Waals surface area contributed by atoms with Gasteiger partial charge in [-0.2, -0.15) is 8.42 Å². The highest BCUT2D eigenvalue weighted by atomic mass is 32.2. The zero-order valence-electron chi connectivity index (χ0n) is 20.0. The lowest BCUT2D eigenvalue weighted by Gasteiger charge is -2.31. The summed E-state index contributed by atoms with van der Waals surface area (Å²) >= 11 is 0. The second-order valence-electron chi connectivity index (χ2n) is 9.59. The van der Waals surface area contributed by atoms with Crippen LogP contribution in [0.3, 0.4) is 0 Å². The summed E-state index contributed by atoms with van der Waals surface area (Å²) in [4.78, 5) is 18.6. The number of amides is 1. The van der Waals surface area contributed by atoms with E-state index < -0.39 is 31.4 Å². The Bertz CT molecular complexity index is 880. The number of carbonyl (C=O) groups is 1. The average molecular weight is 488 g/mol. The molecule has 0 bridgehead atoms. The maximum absolute atomic E-state index is 12.5. The average Bonchev–Trinajstić information content (AvgIpc) is 3.26. The molecule has 0 aromatic carbocycles. The molecule has 9 nitrogen and oxygen atoms in total. The minimum Gasteiger partial charge on any atom is -0.445 e. The molecule has 1 saturated heterocycles. The standard InChI is InChI=1S/C21H37N3O6SSi/c1-8-11-28-20(25)24-13-17(29-31(5,26)27)12-16(24)9-10-23-14-18(22-15-23)19(21(2,3)4)30-32(6)7/h8,14-17,19,32H,1,9-13H2,2-7H3/t16-,17-,19?/m1/s1. The summed E-state index contributed by atoms with van der Waals surface area (Å²) in [6.07, 6.45) is 6.15. The Kier molecular flexibility index (Phi) is 9.09. The second kappa shape index (κ2) is 11.0. The zero-order chi connectivity index (χ0) is 24.1. The van der Waals surface area contributed by atoms with Gasteiger partial charge in [-0.05, 0) is 31.4 Å². The number of carbonyl (C=O) groups excluding carboxylic acids is 1. The molecule has 1 fully saturated rings. The zero-order valence-corrected chi connectivity index (χ0v) is 22.0. The first-order valence-electron chi connectivity index (χ1n) is 10.9. The van der Waals surface area contributed by atoms with Crippen LogP contribution in [0.5, 0.6) is 0 Å². The Hall–Kier alpha value is -1.69. The number of ether oxygens (including phenoxy) is 1. The van der Waals surface area contributed by atoms with Crippen molar-refractivity contribution in [1.29, 1.82) is 0 Å². The van der Waals surface area contributed by atoms with Gasteiger partial charge < -0.3 is 18.6 Å². The van der Waals surface area contributed by atoms with Crippen LogP contribution in [0.15, 0.2) is 25.2 Å². The topological polar surface area (TPSA) is 100.0 Å². The van der Waals surface area contributed by atoms with Crippen LogP contribution in [0.4, 0.5) is 4.79 Å². The number of hydrogen-bond donors (Lipinski definition) is 0. The lowest BCUT2D eigenvalue weighted by atomic mass is 9.87. The van der Waals surface area contributed by atoms with Crippen LogP contribution < -0.4 is 0 Å². The molecule has 0 radical (unpaired) electrons. The molecule has 2 rings (SSSR count). The van der Waals surface area contributed by atoms with Gasteiger partial charge >= 0.3 is 6.09 Å². The van der Waals surface area contributed by atoms with Gasteiger partial charge in [-0.1, -0.05) is 33.4 Å². The summed E-state index contributed by atoms with van der Waals surface area (Å²) in [5.74, 6) is 0. The van der Waals surface area contributed by atoms with Crippen LogP contribution in [0.25, 0.3) is 0 Å². The van der Waals surface area contributed by atoms with Crippen molar-refractivity contribution in [3.05, 3.63) is 30.9 Å². The van der Waals surface area contributed by atoms with E-state index in [1.807, 2.05) is 10.8 Å². The first kappa shape index (κ1) is 26.6. The first-order valence-corrected chi connectivity index (χ1v) is 15.5. The second-order valence-corrected chi connectivity index (χ2v) is 13.6. The summed E-state index contributed by atoms with van der Waals surface area (Å²) in [6.45, 7) is 15.1. The van der Waals surface area contributed by atoms with Gasteiger partial charge in [-0.25, -0.2) is 9.78 Å². The van der Waals surface area contributed by atoms with Crippen LogP contribution in [-0.2, 0) is 30.0 Å². The van der Waals surface area contributed by atoms with Crippen LogP contribution in [-0.4, -0.2) is 69.6 Å². The van der Waals surface area contributed by atoms with Crippen molar-refractivity contribution in [2.75, 3.05) is 19.4 Å². The van der Waals surface area contributed by atoms with Crippen LogP contribution >= 0.6 is 0 Å². The van der Waals surface area contributed by atoms with Crippen LogP contribution in [0.1, 0.15) is 45.4 Å². The maximum atomic E-state index is 12.5. The number of aryl methyl sites for hydroxylation is 1. The Morgan fingerprint density at radius 2 is 2.09 bits per heavy atom. The van der Waals surface area contributed by atoms with Crippen molar-refractivity contribution in [2.24, 2.45) is 5.41 Å². The van der Waals surface area contributed by atoms with Crippen molar-refractivity contribution in [3.63, 3.8) is 0 Å². The Balaban J connectivity index is 2.09. The molecule has 1 aromatic rings. The summed E-state index contributed by atoms with van der Waals surface area (Å²) in [7, 11) is -4.87. The molecule has 1 aromatic heterocycles. The van der Waals surface area contributed by atoms with Crippen molar-refractivity contribution >= 4 is 25.3 Å². The molecular weight excluding hydrogens is 450 g/mol. The van der Waals surface area contributed by atoms with Crippen LogP contribution in [0.2, 0.25) is 13.1 Å². The normalized spacial score (nSPS) is 20.5. The third-order valence-electron chi connectivity index (χ3n) is 5.08. The van der Waals surface area contributed by atoms with Crippen molar-refractivity contribution < 1.29 is 26.6 Å². The van der Waals surface area contributed by atoms with Gasteiger partial charge in [-0.15, -0.1) is 0 Å². The van der Waals surface area contributed by atoms with Crippen molar-refractivity contribution in [1.82, 2.24) is 14.5 Å². The van der Waals surface area contributed by atoms with Gasteiger partial charge in [0.2, 0.25) is 0 Å². The molecule has 1 unspecified atom stereocenters. The predicted octanol–water partition coefficient (Wildman–Crippen LogP) is 3.10. The highest BCUT2D eigenvalue weighted by Gasteiger charge is 2.38. The number of likely N-dealkylation sites (tertiary alicyclic amines) is 1. The van der Waals surface area contributed by atoms with Gasteiger partial charge in [0.05, 0.1) is 37.0 Å². The Morgan fingerprint density at radius 3 is 2.66 bits per heavy atom. The molecular formula is C21H37N3O6SSi. The predicted molar refractivity (Wildman–Crippen MR) is 125 cm³/mol. The molecule has 2 heterocycles. The quantitative estimate of drug-likeness (QED) is 0.284. The maximum Gasteiger partial charge on any atom is 0.410 e. The fourth-order valence-electron chi connectivity index (χ4n) is 3.82. The van der Waals surface area contributed by atoms with E-state index >= 15 is 0 Å². The number of nitrogens with zero attached hydrogens (tertiary/aromatic N) is 3. The molecule has 0 spiro atoms. The van der Waals surface area contributed by atoms with E-state index in [2.05, 4.69) is 45.4 Å². The van der Waals surface area contributed by atoms with Gasteiger partial charge in [0, 0.05) is 18.8 Å². The largest absolute Gasteiger partial charge is 0.445 e. The Morgan fingerprint density at radius 1 is 1.41 bits per heavy atom. The fraction of sp³-hybridized carbons (Fsp3) is 0.714. The lowest BCUT2D eigenvalue weighted by Crippen LogP contribution is -2.37. The highest BCUT2D eigenvalue weighted by Crippen LogP contribution is 2.35. The SMILES string of the molecule is C=CCOC(=O)N1C[C@H](OS(C)(=O)=O)C[C@H]1CCn1cnc(C(O[SiH](C)C)C(C)(C)C)c1. The minimum absolute atomic E-state index is 0.0795. The monoisotopic (exact) mass is 487 g/mol. The molecule has 0 N–H and O–H groups in total. The Labute approximate surface area is 193 Å². The third-order valence-corrected chi connectivity index (χ3v) is 6.52. The molecule has 3 atom stereocenters. The van der Waals surface area contributed by atoms with Crippen molar-refractivity contribution in [2.45, 2.75) is 71.5 Å². The summed E-state index contributed by atoms with van der Waals surface area (Å²) in [5, 5.41) is 0. The third kappa shape index (κ3) is 8.02.